The normalized spacial score (nSPS) is 19.8. The van der Waals surface area contributed by atoms with Crippen LogP contribution in [0, 0.1) is 5.92 Å². The first kappa shape index (κ1) is 23.5. The average molecular weight is 456 g/mol. The van der Waals surface area contributed by atoms with Crippen molar-refractivity contribution in [3.05, 3.63) is 29.3 Å². The van der Waals surface area contributed by atoms with E-state index in [4.69, 9.17) is 11.6 Å². The maximum absolute atomic E-state index is 12.8. The molecule has 3 rings (SSSR count). The van der Waals surface area contributed by atoms with Crippen LogP contribution in [0.3, 0.4) is 0 Å². The molecule has 0 radical (unpaired) electrons. The fourth-order valence-corrected chi connectivity index (χ4v) is 6.12. The summed E-state index contributed by atoms with van der Waals surface area (Å²) in [6, 6.07) is 6.93. The summed E-state index contributed by atoms with van der Waals surface area (Å²) in [4.78, 5) is 15.0. The molecular weight excluding hydrogens is 422 g/mol. The maximum atomic E-state index is 12.8. The van der Waals surface area contributed by atoms with E-state index in [0.717, 1.165) is 6.54 Å². The Morgan fingerprint density at radius 2 is 1.73 bits per heavy atom. The van der Waals surface area contributed by atoms with Crippen LogP contribution in [0.5, 0.6) is 0 Å². The smallest absolute Gasteiger partial charge is 0.243 e. The summed E-state index contributed by atoms with van der Waals surface area (Å²) in [5.74, 6) is 0.309. The van der Waals surface area contributed by atoms with Crippen LogP contribution in [0.2, 0.25) is 5.02 Å². The number of nitrogens with one attached hydrogen (secondary N) is 1. The first-order valence-corrected chi connectivity index (χ1v) is 12.9. The van der Waals surface area contributed by atoms with E-state index in [2.05, 4.69) is 17.3 Å². The number of hydrogen-bond donors (Lipinski definition) is 1. The SMILES string of the molecule is CN(CCNC(=O)CC1CCN(S(=O)(=O)c2ccc(Cl)cc2)CC1)C1CCCCC1. The van der Waals surface area contributed by atoms with Gasteiger partial charge in [0.2, 0.25) is 15.9 Å². The summed E-state index contributed by atoms with van der Waals surface area (Å²) in [7, 11) is -1.34. The molecule has 6 nitrogen and oxygen atoms in total. The van der Waals surface area contributed by atoms with Gasteiger partial charge in [-0.05, 0) is 62.9 Å². The van der Waals surface area contributed by atoms with Crippen LogP contribution in [0.15, 0.2) is 29.2 Å². The number of carbonyl (C=O) groups excluding carboxylic acids is 1. The summed E-state index contributed by atoms with van der Waals surface area (Å²) >= 11 is 5.86. The van der Waals surface area contributed by atoms with E-state index in [9.17, 15) is 13.2 Å². The number of halogens is 1. The van der Waals surface area contributed by atoms with Gasteiger partial charge in [-0.3, -0.25) is 4.79 Å². The highest BCUT2D eigenvalue weighted by atomic mass is 35.5. The predicted molar refractivity (Wildman–Crippen MR) is 120 cm³/mol. The third-order valence-electron chi connectivity index (χ3n) is 6.48. The molecule has 30 heavy (non-hydrogen) atoms. The standard InChI is InChI=1S/C22H34ClN3O3S/c1-25(20-5-3-2-4-6-20)16-13-24-22(27)17-18-11-14-26(15-12-18)30(28,29)21-9-7-19(23)8-10-21/h7-10,18,20H,2-6,11-17H2,1H3,(H,24,27). The number of rotatable bonds is 8. The Bertz CT molecular complexity index is 786. The minimum atomic E-state index is -3.50. The molecule has 8 heteroatoms. The molecule has 1 aliphatic heterocycles. The second kappa shape index (κ2) is 10.9. The highest BCUT2D eigenvalue weighted by molar-refractivity contribution is 7.89. The van der Waals surface area contributed by atoms with Crippen molar-refractivity contribution in [3.63, 3.8) is 0 Å². The van der Waals surface area contributed by atoms with Crippen LogP contribution < -0.4 is 5.32 Å². The molecule has 1 saturated heterocycles. The van der Waals surface area contributed by atoms with E-state index in [1.807, 2.05) is 0 Å². The number of likely N-dealkylation sites (N-methyl/N-ethyl adjacent to an activating group) is 1. The van der Waals surface area contributed by atoms with Crippen molar-refractivity contribution >= 4 is 27.5 Å². The number of amides is 1. The minimum Gasteiger partial charge on any atom is -0.355 e. The molecular formula is C22H34ClN3O3S. The number of benzene rings is 1. The van der Waals surface area contributed by atoms with Crippen molar-refractivity contribution < 1.29 is 13.2 Å². The Labute approximate surface area is 186 Å². The van der Waals surface area contributed by atoms with E-state index >= 15 is 0 Å². The first-order chi connectivity index (χ1) is 14.4. The summed E-state index contributed by atoms with van der Waals surface area (Å²) < 4.78 is 27.0. The molecule has 2 fully saturated rings. The molecule has 0 atom stereocenters. The third-order valence-corrected chi connectivity index (χ3v) is 8.65. The summed E-state index contributed by atoms with van der Waals surface area (Å²) in [5, 5.41) is 3.56. The lowest BCUT2D eigenvalue weighted by Gasteiger charge is -2.32. The van der Waals surface area contributed by atoms with Gasteiger partial charge in [0, 0.05) is 43.7 Å². The summed E-state index contributed by atoms with van der Waals surface area (Å²) in [6.07, 6.45) is 8.40. The molecule has 0 spiro atoms. The maximum Gasteiger partial charge on any atom is 0.243 e. The first-order valence-electron chi connectivity index (χ1n) is 11.1. The monoisotopic (exact) mass is 455 g/mol. The van der Waals surface area contributed by atoms with Crippen molar-refractivity contribution in [1.29, 1.82) is 0 Å². The molecule has 2 aliphatic rings. The zero-order valence-electron chi connectivity index (χ0n) is 17.9. The third kappa shape index (κ3) is 6.42. The van der Waals surface area contributed by atoms with E-state index < -0.39 is 10.0 Å². The van der Waals surface area contributed by atoms with Crippen LogP contribution in [-0.2, 0) is 14.8 Å². The van der Waals surface area contributed by atoms with Crippen LogP contribution in [0.4, 0.5) is 0 Å². The van der Waals surface area contributed by atoms with Gasteiger partial charge >= 0.3 is 0 Å². The molecule has 168 valence electrons. The van der Waals surface area contributed by atoms with Gasteiger partial charge in [0.05, 0.1) is 4.90 Å². The molecule has 1 amide bonds. The predicted octanol–water partition coefficient (Wildman–Crippen LogP) is 3.51. The Morgan fingerprint density at radius 3 is 2.37 bits per heavy atom. The molecule has 0 unspecified atom stereocenters. The Kier molecular flexibility index (Phi) is 8.57. The molecule has 0 bridgehead atoms. The van der Waals surface area contributed by atoms with Crippen LogP contribution in [0.25, 0.3) is 0 Å². The van der Waals surface area contributed by atoms with E-state index in [-0.39, 0.29) is 16.7 Å². The highest BCUT2D eigenvalue weighted by Gasteiger charge is 2.30. The molecule has 1 aromatic carbocycles. The van der Waals surface area contributed by atoms with Crippen molar-refractivity contribution in [2.24, 2.45) is 5.92 Å². The number of piperidine rings is 1. The lowest BCUT2D eigenvalue weighted by molar-refractivity contribution is -0.122. The molecule has 1 N–H and O–H groups in total. The largest absolute Gasteiger partial charge is 0.355 e. The lowest BCUT2D eigenvalue weighted by atomic mass is 9.94. The Hall–Kier alpha value is -1.15. The Balaban J connectivity index is 1.37. The number of hydrogen-bond acceptors (Lipinski definition) is 4. The van der Waals surface area contributed by atoms with Gasteiger partial charge in [0.15, 0.2) is 0 Å². The van der Waals surface area contributed by atoms with Gasteiger partial charge in [-0.1, -0.05) is 30.9 Å². The molecule has 1 saturated carbocycles. The van der Waals surface area contributed by atoms with Gasteiger partial charge in [-0.25, -0.2) is 8.42 Å². The van der Waals surface area contributed by atoms with Gasteiger partial charge in [-0.2, -0.15) is 4.31 Å². The fraction of sp³-hybridized carbons (Fsp3) is 0.682. The number of nitrogens with zero attached hydrogens (tertiary/aromatic N) is 2. The summed E-state index contributed by atoms with van der Waals surface area (Å²) in [5.41, 5.74) is 0. The van der Waals surface area contributed by atoms with E-state index in [0.29, 0.717) is 50.0 Å². The average Bonchev–Trinajstić information content (AvgIpc) is 2.75. The minimum absolute atomic E-state index is 0.0750. The van der Waals surface area contributed by atoms with Crippen molar-refractivity contribution in [1.82, 2.24) is 14.5 Å². The van der Waals surface area contributed by atoms with Gasteiger partial charge in [0.25, 0.3) is 0 Å². The molecule has 1 aromatic rings. The van der Waals surface area contributed by atoms with E-state index in [1.54, 1.807) is 24.3 Å². The van der Waals surface area contributed by atoms with Crippen LogP contribution in [-0.4, -0.2) is 62.8 Å². The van der Waals surface area contributed by atoms with E-state index in [1.165, 1.54) is 36.4 Å². The van der Waals surface area contributed by atoms with Crippen molar-refractivity contribution in [2.75, 3.05) is 33.2 Å². The highest BCUT2D eigenvalue weighted by Crippen LogP contribution is 2.26. The second-order valence-corrected chi connectivity index (χ2v) is 11.0. The fourth-order valence-electron chi connectivity index (χ4n) is 4.52. The zero-order chi connectivity index (χ0) is 21.6. The van der Waals surface area contributed by atoms with Crippen molar-refractivity contribution in [3.8, 4) is 0 Å². The molecule has 1 heterocycles. The van der Waals surface area contributed by atoms with Gasteiger partial charge in [0.1, 0.15) is 0 Å². The lowest BCUT2D eigenvalue weighted by Crippen LogP contribution is -2.41. The molecule has 1 aliphatic carbocycles. The summed E-state index contributed by atoms with van der Waals surface area (Å²) in [6.45, 7) is 2.46. The van der Waals surface area contributed by atoms with Crippen molar-refractivity contribution in [2.45, 2.75) is 62.3 Å². The number of sulfonamides is 1. The quantitative estimate of drug-likeness (QED) is 0.651. The topological polar surface area (TPSA) is 69.7 Å². The zero-order valence-corrected chi connectivity index (χ0v) is 19.4. The van der Waals surface area contributed by atoms with Crippen LogP contribution >= 0.6 is 11.6 Å². The second-order valence-electron chi connectivity index (χ2n) is 8.63. The number of carbonyl (C=O) groups is 1. The Morgan fingerprint density at radius 1 is 1.10 bits per heavy atom. The van der Waals surface area contributed by atoms with Gasteiger partial charge in [-0.15, -0.1) is 0 Å². The van der Waals surface area contributed by atoms with Gasteiger partial charge < -0.3 is 10.2 Å². The van der Waals surface area contributed by atoms with Crippen LogP contribution in [0.1, 0.15) is 51.4 Å². The molecule has 0 aromatic heterocycles.